The van der Waals surface area contributed by atoms with Gasteiger partial charge in [-0.3, -0.25) is 0 Å². The van der Waals surface area contributed by atoms with Gasteiger partial charge in [0.15, 0.2) is 0 Å². The molecule has 0 spiro atoms. The Morgan fingerprint density at radius 1 is 0.667 bits per heavy atom. The first kappa shape index (κ1) is 18.7. The van der Waals surface area contributed by atoms with E-state index in [-0.39, 0.29) is 44.3 Å². The zero-order valence-corrected chi connectivity index (χ0v) is 12.3. The summed E-state index contributed by atoms with van der Waals surface area (Å²) in [7, 11) is 0. The van der Waals surface area contributed by atoms with E-state index in [4.69, 9.17) is 20.4 Å². The van der Waals surface area contributed by atoms with Gasteiger partial charge in [0.2, 0.25) is 0 Å². The number of para-hydroxylation sites is 2. The molecule has 2 aromatic rings. The van der Waals surface area contributed by atoms with Crippen LogP contribution < -0.4 is 0 Å². The Morgan fingerprint density at radius 2 is 0.952 bits per heavy atom. The number of hydrogen-bond acceptors (Lipinski definition) is 4. The summed E-state index contributed by atoms with van der Waals surface area (Å²) in [4.78, 5) is 20.5. The van der Waals surface area contributed by atoms with E-state index >= 15 is 0 Å². The van der Waals surface area contributed by atoms with Gasteiger partial charge in [0.1, 0.15) is 22.6 Å². The topological polar surface area (TPSA) is 115 Å². The van der Waals surface area contributed by atoms with Crippen LogP contribution in [0, 0.1) is 0 Å². The molecule has 0 saturated carbocycles. The van der Waals surface area contributed by atoms with Crippen molar-refractivity contribution in [2.45, 2.75) is 0 Å². The van der Waals surface area contributed by atoms with Gasteiger partial charge in [-0.25, -0.2) is 9.59 Å². The molecule has 0 heterocycles. The standard InChI is InChI=1S/2C7H6O3.Ti/c2*8-6-4-2-1-3-5(6)7(9)10;/h2*1-4,8H,(H,9,10);. The van der Waals surface area contributed by atoms with Gasteiger partial charge < -0.3 is 20.4 Å². The molecule has 6 nitrogen and oxygen atoms in total. The molecule has 0 bridgehead atoms. The Labute approximate surface area is 135 Å². The minimum Gasteiger partial charge on any atom is -0.507 e. The summed E-state index contributed by atoms with van der Waals surface area (Å²) in [6, 6.07) is 11.6. The zero-order chi connectivity index (χ0) is 15.1. The monoisotopic (exact) mass is 324 g/mol. The van der Waals surface area contributed by atoms with Gasteiger partial charge in [-0.15, -0.1) is 0 Å². The molecule has 0 aliphatic heterocycles. The molecule has 108 valence electrons. The van der Waals surface area contributed by atoms with Gasteiger partial charge in [0.25, 0.3) is 0 Å². The van der Waals surface area contributed by atoms with Crippen LogP contribution in [0.15, 0.2) is 48.5 Å². The molecule has 2 rings (SSSR count). The molecule has 0 fully saturated rings. The van der Waals surface area contributed by atoms with Crippen LogP contribution in [0.5, 0.6) is 11.5 Å². The van der Waals surface area contributed by atoms with Gasteiger partial charge in [-0.05, 0) is 24.3 Å². The number of carboxylic acids is 2. The van der Waals surface area contributed by atoms with Gasteiger partial charge in [-0.2, -0.15) is 0 Å². The molecule has 4 N–H and O–H groups in total. The fraction of sp³-hybridized carbons (Fsp3) is 0. The summed E-state index contributed by atoms with van der Waals surface area (Å²) in [6.45, 7) is 0. The van der Waals surface area contributed by atoms with Crippen molar-refractivity contribution in [3.8, 4) is 11.5 Å². The Morgan fingerprint density at radius 3 is 1.14 bits per heavy atom. The van der Waals surface area contributed by atoms with E-state index in [0.29, 0.717) is 0 Å². The van der Waals surface area contributed by atoms with Crippen molar-refractivity contribution in [2.24, 2.45) is 0 Å². The molecule has 21 heavy (non-hydrogen) atoms. The van der Waals surface area contributed by atoms with Crippen LogP contribution in [0.25, 0.3) is 0 Å². The van der Waals surface area contributed by atoms with Gasteiger partial charge >= 0.3 is 11.9 Å². The fourth-order valence-electron chi connectivity index (χ4n) is 1.31. The van der Waals surface area contributed by atoms with E-state index in [2.05, 4.69) is 0 Å². The molecule has 0 saturated heterocycles. The number of carbonyl (C=O) groups is 2. The van der Waals surface area contributed by atoms with Crippen molar-refractivity contribution < 1.29 is 51.7 Å². The van der Waals surface area contributed by atoms with Crippen LogP contribution >= 0.6 is 0 Å². The molecule has 7 heteroatoms. The van der Waals surface area contributed by atoms with Crippen molar-refractivity contribution in [1.29, 1.82) is 0 Å². The maximum absolute atomic E-state index is 10.3. The summed E-state index contributed by atoms with van der Waals surface area (Å²) in [6.07, 6.45) is 0. The number of carboxylic acid groups (broad SMARTS) is 2. The first-order valence-electron chi connectivity index (χ1n) is 5.46. The molecule has 0 aromatic heterocycles. The van der Waals surface area contributed by atoms with E-state index in [0.717, 1.165) is 0 Å². The van der Waals surface area contributed by atoms with Crippen molar-refractivity contribution in [3.63, 3.8) is 0 Å². The van der Waals surface area contributed by atoms with E-state index in [9.17, 15) is 9.59 Å². The predicted octanol–water partition coefficient (Wildman–Crippen LogP) is 2.18. The maximum Gasteiger partial charge on any atom is 0.339 e. The molecule has 0 radical (unpaired) electrons. The van der Waals surface area contributed by atoms with Crippen LogP contribution in [0.1, 0.15) is 20.7 Å². The van der Waals surface area contributed by atoms with Gasteiger partial charge in [0.05, 0.1) is 0 Å². The Hall–Kier alpha value is -2.31. The van der Waals surface area contributed by atoms with E-state index in [1.54, 1.807) is 24.3 Å². The smallest absolute Gasteiger partial charge is 0.339 e. The maximum atomic E-state index is 10.3. The number of rotatable bonds is 2. The van der Waals surface area contributed by atoms with Crippen molar-refractivity contribution in [3.05, 3.63) is 59.7 Å². The molecule has 0 amide bonds. The summed E-state index contributed by atoms with van der Waals surface area (Å²) in [5.41, 5.74) is -0.134. The van der Waals surface area contributed by atoms with Crippen LogP contribution in [0.2, 0.25) is 0 Å². The minimum absolute atomic E-state index is 0. The number of phenols is 2. The van der Waals surface area contributed by atoms with E-state index in [1.165, 1.54) is 24.3 Å². The van der Waals surface area contributed by atoms with Crippen LogP contribution in [-0.2, 0) is 21.7 Å². The second kappa shape index (κ2) is 8.78. The number of aromatic hydroxyl groups is 2. The SMILES string of the molecule is O=C(O)c1ccccc1O.O=C(O)c1ccccc1O.[Ti]. The molecular formula is C14H12O6Ti. The summed E-state index contributed by atoms with van der Waals surface area (Å²) >= 11 is 0. The molecule has 0 unspecified atom stereocenters. The molecular weight excluding hydrogens is 312 g/mol. The minimum atomic E-state index is -1.11. The van der Waals surface area contributed by atoms with Crippen molar-refractivity contribution >= 4 is 11.9 Å². The van der Waals surface area contributed by atoms with E-state index < -0.39 is 11.9 Å². The summed E-state index contributed by atoms with van der Waals surface area (Å²) in [5, 5.41) is 34.6. The predicted molar refractivity (Wildman–Crippen MR) is 70.1 cm³/mol. The third-order valence-electron chi connectivity index (χ3n) is 2.27. The second-order valence-corrected chi connectivity index (χ2v) is 3.64. The van der Waals surface area contributed by atoms with Crippen molar-refractivity contribution in [2.75, 3.05) is 0 Å². The number of hydrogen-bond donors (Lipinski definition) is 4. The molecule has 2 aromatic carbocycles. The zero-order valence-electron chi connectivity index (χ0n) is 10.7. The molecule has 0 atom stereocenters. The molecule has 0 aliphatic rings. The largest absolute Gasteiger partial charge is 0.507 e. The van der Waals surface area contributed by atoms with E-state index in [1.807, 2.05) is 0 Å². The second-order valence-electron chi connectivity index (χ2n) is 3.64. The number of aromatic carboxylic acids is 2. The Kier molecular flexibility index (Phi) is 7.82. The quantitative estimate of drug-likeness (QED) is 0.629. The average Bonchev–Trinajstić information content (AvgIpc) is 2.40. The third kappa shape index (κ3) is 5.68. The first-order valence-corrected chi connectivity index (χ1v) is 5.46. The van der Waals surface area contributed by atoms with Gasteiger partial charge in [0, 0.05) is 21.7 Å². The Bertz CT molecular complexity index is 571. The fourth-order valence-corrected chi connectivity index (χ4v) is 1.31. The number of benzene rings is 2. The van der Waals surface area contributed by atoms with Crippen LogP contribution in [-0.4, -0.2) is 32.4 Å². The molecule has 0 aliphatic carbocycles. The summed E-state index contributed by atoms with van der Waals surface area (Å²) in [5.74, 6) is -2.62. The van der Waals surface area contributed by atoms with Crippen LogP contribution in [0.4, 0.5) is 0 Å². The van der Waals surface area contributed by atoms with Gasteiger partial charge in [-0.1, -0.05) is 24.3 Å². The first-order chi connectivity index (χ1) is 9.43. The van der Waals surface area contributed by atoms with Crippen LogP contribution in [0.3, 0.4) is 0 Å². The normalized spacial score (nSPS) is 8.76. The average molecular weight is 324 g/mol. The summed E-state index contributed by atoms with van der Waals surface area (Å²) < 4.78 is 0. The van der Waals surface area contributed by atoms with Crippen molar-refractivity contribution in [1.82, 2.24) is 0 Å². The Balaban J connectivity index is 0.000000364. The third-order valence-corrected chi connectivity index (χ3v) is 2.27.